The second-order valence-corrected chi connectivity index (χ2v) is 4.70. The number of rotatable bonds is 6. The highest BCUT2D eigenvalue weighted by Gasteiger charge is 2.10. The van der Waals surface area contributed by atoms with E-state index in [-0.39, 0.29) is 12.2 Å². The average Bonchev–Trinajstić information content (AvgIpc) is 2.53. The molecule has 0 aliphatic heterocycles. The number of allylic oxidation sites excluding steroid dienone is 1. The number of carboxylic acid groups (broad SMARTS) is 1. The summed E-state index contributed by atoms with van der Waals surface area (Å²) in [4.78, 5) is 23.1. The van der Waals surface area contributed by atoms with Gasteiger partial charge in [-0.1, -0.05) is 42.5 Å². The summed E-state index contributed by atoms with van der Waals surface area (Å²) >= 11 is 0. The number of hydrogen-bond donors (Lipinski definition) is 1. The molecule has 0 aliphatic rings. The Morgan fingerprint density at radius 1 is 1.09 bits per heavy atom. The van der Waals surface area contributed by atoms with Crippen molar-refractivity contribution in [3.8, 4) is 5.75 Å². The van der Waals surface area contributed by atoms with Gasteiger partial charge in [0.15, 0.2) is 5.78 Å². The molecule has 0 atom stereocenters. The molecule has 0 radical (unpaired) electrons. The highest BCUT2D eigenvalue weighted by Crippen LogP contribution is 2.14. The topological polar surface area (TPSA) is 63.6 Å². The van der Waals surface area contributed by atoms with Crippen LogP contribution in [-0.4, -0.2) is 24.0 Å². The van der Waals surface area contributed by atoms with Crippen LogP contribution in [0.4, 0.5) is 0 Å². The van der Waals surface area contributed by atoms with Crippen molar-refractivity contribution in [3.05, 3.63) is 71.3 Å². The minimum atomic E-state index is -0.959. The number of carbonyl (C=O) groups excluding carboxylic acids is 1. The standard InChI is InChI=1S/C18H16O4/c1-22-15-9-6-13(7-10-15)8-11-17(19)16-5-3-2-4-14(16)12-18(20)21/h2-11H,12H2,1H3,(H,20,21). The molecule has 0 heterocycles. The lowest BCUT2D eigenvalue weighted by Gasteiger charge is -2.04. The van der Waals surface area contributed by atoms with Crippen molar-refractivity contribution in [1.29, 1.82) is 0 Å². The quantitative estimate of drug-likeness (QED) is 0.656. The molecule has 0 aromatic heterocycles. The third-order valence-corrected chi connectivity index (χ3v) is 3.17. The van der Waals surface area contributed by atoms with Gasteiger partial charge in [0, 0.05) is 5.56 Å². The molecule has 0 unspecified atom stereocenters. The van der Waals surface area contributed by atoms with Crippen molar-refractivity contribution in [1.82, 2.24) is 0 Å². The van der Waals surface area contributed by atoms with Crippen molar-refractivity contribution >= 4 is 17.8 Å². The summed E-state index contributed by atoms with van der Waals surface area (Å²) in [5, 5.41) is 8.89. The van der Waals surface area contributed by atoms with Crippen LogP contribution in [0.2, 0.25) is 0 Å². The van der Waals surface area contributed by atoms with Crippen LogP contribution >= 0.6 is 0 Å². The molecular weight excluding hydrogens is 280 g/mol. The largest absolute Gasteiger partial charge is 0.497 e. The number of ether oxygens (including phenoxy) is 1. The molecule has 4 nitrogen and oxygen atoms in total. The van der Waals surface area contributed by atoms with Crippen molar-refractivity contribution in [3.63, 3.8) is 0 Å². The van der Waals surface area contributed by atoms with Gasteiger partial charge >= 0.3 is 5.97 Å². The third kappa shape index (κ3) is 4.06. The van der Waals surface area contributed by atoms with Gasteiger partial charge in [0.2, 0.25) is 0 Å². The van der Waals surface area contributed by atoms with Crippen molar-refractivity contribution in [2.45, 2.75) is 6.42 Å². The van der Waals surface area contributed by atoms with E-state index in [0.717, 1.165) is 11.3 Å². The molecular formula is C18H16O4. The minimum absolute atomic E-state index is 0.168. The first-order valence-electron chi connectivity index (χ1n) is 6.76. The van der Waals surface area contributed by atoms with Crippen LogP contribution < -0.4 is 4.74 Å². The van der Waals surface area contributed by atoms with Gasteiger partial charge in [0.05, 0.1) is 13.5 Å². The van der Waals surface area contributed by atoms with Crippen LogP contribution in [0.1, 0.15) is 21.5 Å². The second kappa shape index (κ2) is 7.22. The Morgan fingerprint density at radius 3 is 2.41 bits per heavy atom. The molecule has 2 aromatic rings. The number of benzene rings is 2. The first kappa shape index (κ1) is 15.5. The SMILES string of the molecule is COc1ccc(C=CC(=O)c2ccccc2CC(=O)O)cc1. The van der Waals surface area contributed by atoms with Gasteiger partial charge in [0.25, 0.3) is 0 Å². The molecule has 0 aliphatic carbocycles. The number of aliphatic carboxylic acids is 1. The van der Waals surface area contributed by atoms with Crippen molar-refractivity contribution < 1.29 is 19.4 Å². The Kier molecular flexibility index (Phi) is 5.09. The van der Waals surface area contributed by atoms with Gasteiger partial charge in [-0.2, -0.15) is 0 Å². The summed E-state index contributed by atoms with van der Waals surface area (Å²) in [5.41, 5.74) is 1.79. The Morgan fingerprint density at radius 2 is 1.77 bits per heavy atom. The van der Waals surface area contributed by atoms with E-state index in [1.54, 1.807) is 37.5 Å². The maximum absolute atomic E-state index is 12.2. The second-order valence-electron chi connectivity index (χ2n) is 4.70. The first-order chi connectivity index (χ1) is 10.6. The zero-order valence-corrected chi connectivity index (χ0v) is 12.2. The first-order valence-corrected chi connectivity index (χ1v) is 6.76. The van der Waals surface area contributed by atoms with E-state index >= 15 is 0 Å². The molecule has 2 rings (SSSR count). The van der Waals surface area contributed by atoms with Crippen LogP contribution in [0.3, 0.4) is 0 Å². The fourth-order valence-corrected chi connectivity index (χ4v) is 2.05. The number of methoxy groups -OCH3 is 1. The summed E-state index contributed by atoms with van der Waals surface area (Å²) in [6.07, 6.45) is 2.97. The summed E-state index contributed by atoms with van der Waals surface area (Å²) in [7, 11) is 1.59. The maximum atomic E-state index is 12.2. The van der Waals surface area contributed by atoms with E-state index in [1.807, 2.05) is 24.3 Å². The van der Waals surface area contributed by atoms with E-state index in [0.29, 0.717) is 11.1 Å². The predicted molar refractivity (Wildman–Crippen MR) is 84.1 cm³/mol. The van der Waals surface area contributed by atoms with Gasteiger partial charge in [-0.15, -0.1) is 0 Å². The Labute approximate surface area is 128 Å². The van der Waals surface area contributed by atoms with Gasteiger partial charge in [-0.3, -0.25) is 9.59 Å². The highest BCUT2D eigenvalue weighted by molar-refractivity contribution is 6.08. The summed E-state index contributed by atoms with van der Waals surface area (Å²) in [6, 6.07) is 14.0. The maximum Gasteiger partial charge on any atom is 0.307 e. The van der Waals surface area contributed by atoms with E-state index in [4.69, 9.17) is 9.84 Å². The fraction of sp³-hybridized carbons (Fsp3) is 0.111. The van der Waals surface area contributed by atoms with E-state index in [9.17, 15) is 9.59 Å². The minimum Gasteiger partial charge on any atom is -0.497 e. The third-order valence-electron chi connectivity index (χ3n) is 3.17. The lowest BCUT2D eigenvalue weighted by Crippen LogP contribution is -2.06. The van der Waals surface area contributed by atoms with E-state index in [2.05, 4.69) is 0 Å². The molecule has 2 aromatic carbocycles. The van der Waals surface area contributed by atoms with Crippen LogP contribution in [0.25, 0.3) is 6.08 Å². The number of ketones is 1. The summed E-state index contributed by atoms with van der Waals surface area (Å²) in [6.45, 7) is 0. The molecule has 0 saturated carbocycles. The van der Waals surface area contributed by atoms with E-state index in [1.165, 1.54) is 6.08 Å². The molecule has 0 fully saturated rings. The summed E-state index contributed by atoms with van der Waals surface area (Å²) < 4.78 is 5.07. The monoisotopic (exact) mass is 296 g/mol. The smallest absolute Gasteiger partial charge is 0.307 e. The molecule has 0 saturated heterocycles. The number of hydrogen-bond acceptors (Lipinski definition) is 3. The van der Waals surface area contributed by atoms with Gasteiger partial charge in [-0.25, -0.2) is 0 Å². The van der Waals surface area contributed by atoms with Gasteiger partial charge < -0.3 is 9.84 Å². The Hall–Kier alpha value is -2.88. The normalized spacial score (nSPS) is 10.6. The molecule has 4 heteroatoms. The molecule has 0 bridgehead atoms. The van der Waals surface area contributed by atoms with Crippen LogP contribution in [0, 0.1) is 0 Å². The Balaban J connectivity index is 2.17. The zero-order valence-electron chi connectivity index (χ0n) is 12.2. The van der Waals surface area contributed by atoms with E-state index < -0.39 is 5.97 Å². The number of carbonyl (C=O) groups is 2. The average molecular weight is 296 g/mol. The molecule has 112 valence electrons. The lowest BCUT2D eigenvalue weighted by atomic mass is 10.0. The molecule has 1 N–H and O–H groups in total. The van der Waals surface area contributed by atoms with Gasteiger partial charge in [-0.05, 0) is 29.3 Å². The number of carboxylic acids is 1. The molecule has 22 heavy (non-hydrogen) atoms. The fourth-order valence-electron chi connectivity index (χ4n) is 2.05. The van der Waals surface area contributed by atoms with Crippen LogP contribution in [0.5, 0.6) is 5.75 Å². The lowest BCUT2D eigenvalue weighted by molar-refractivity contribution is -0.136. The zero-order chi connectivity index (χ0) is 15.9. The highest BCUT2D eigenvalue weighted by atomic mass is 16.5. The van der Waals surface area contributed by atoms with Crippen LogP contribution in [-0.2, 0) is 11.2 Å². The van der Waals surface area contributed by atoms with Crippen molar-refractivity contribution in [2.75, 3.05) is 7.11 Å². The molecule has 0 amide bonds. The summed E-state index contributed by atoms with van der Waals surface area (Å²) in [5.74, 6) is -0.428. The molecule has 0 spiro atoms. The van der Waals surface area contributed by atoms with Crippen LogP contribution in [0.15, 0.2) is 54.6 Å². The predicted octanol–water partition coefficient (Wildman–Crippen LogP) is 3.22. The van der Waals surface area contributed by atoms with Crippen molar-refractivity contribution in [2.24, 2.45) is 0 Å². The Bertz CT molecular complexity index is 699. The van der Waals surface area contributed by atoms with Gasteiger partial charge in [0.1, 0.15) is 5.75 Å².